The zero-order valence-electron chi connectivity index (χ0n) is 14.9. The monoisotopic (exact) mass is 387 g/mol. The van der Waals surface area contributed by atoms with Crippen LogP contribution in [0.3, 0.4) is 0 Å². The Kier molecular flexibility index (Phi) is 5.56. The van der Waals surface area contributed by atoms with E-state index in [1.54, 1.807) is 24.3 Å². The molecule has 0 fully saturated rings. The van der Waals surface area contributed by atoms with E-state index in [-0.39, 0.29) is 10.1 Å². The molecule has 3 rings (SSSR count). The lowest BCUT2D eigenvalue weighted by Crippen LogP contribution is -1.98. The van der Waals surface area contributed by atoms with Gasteiger partial charge < -0.3 is 23.7 Å². The van der Waals surface area contributed by atoms with Crippen LogP contribution in [0.2, 0.25) is 0 Å². The first-order valence-electron chi connectivity index (χ1n) is 7.84. The van der Waals surface area contributed by atoms with Gasteiger partial charge in [-0.05, 0) is 47.7 Å². The van der Waals surface area contributed by atoms with Crippen LogP contribution in [0.5, 0.6) is 17.2 Å². The Bertz CT molecular complexity index is 952. The van der Waals surface area contributed by atoms with E-state index in [2.05, 4.69) is 4.98 Å². The Morgan fingerprint density at radius 2 is 1.78 bits per heavy atom. The summed E-state index contributed by atoms with van der Waals surface area (Å²) in [5.74, 6) is 0.191. The van der Waals surface area contributed by atoms with Crippen molar-refractivity contribution in [2.45, 2.75) is 5.22 Å². The molecule has 0 unspecified atom stereocenters. The van der Waals surface area contributed by atoms with Crippen molar-refractivity contribution < 1.29 is 28.5 Å². The number of fused-ring (bicyclic) bond motifs is 1. The first-order chi connectivity index (χ1) is 13.0. The molecule has 0 amide bonds. The normalized spacial score (nSPS) is 11.4. The quantitative estimate of drug-likeness (QED) is 0.479. The van der Waals surface area contributed by atoms with Gasteiger partial charge in [0.05, 0.1) is 21.3 Å². The fourth-order valence-electron chi connectivity index (χ4n) is 2.46. The van der Waals surface area contributed by atoms with Gasteiger partial charge in [-0.3, -0.25) is 0 Å². The van der Waals surface area contributed by atoms with E-state index in [1.165, 1.54) is 27.4 Å². The highest BCUT2D eigenvalue weighted by atomic mass is 32.2. The second kappa shape index (κ2) is 8.05. The number of ether oxygens (including phenoxy) is 3. The van der Waals surface area contributed by atoms with E-state index >= 15 is 0 Å². The average molecular weight is 387 g/mol. The second-order valence-corrected chi connectivity index (χ2v) is 6.32. The van der Waals surface area contributed by atoms with E-state index in [0.29, 0.717) is 33.9 Å². The molecule has 8 heteroatoms. The largest absolute Gasteiger partial charge is 0.493 e. The average Bonchev–Trinajstić information content (AvgIpc) is 3.08. The van der Waals surface area contributed by atoms with Gasteiger partial charge in [0.2, 0.25) is 5.75 Å². The predicted octanol–water partition coefficient (Wildman–Crippen LogP) is 4.07. The minimum atomic E-state index is -1.10. The number of thioether (sulfide) groups is 1. The molecule has 0 saturated carbocycles. The lowest BCUT2D eigenvalue weighted by molar-refractivity contribution is -0.131. The summed E-state index contributed by atoms with van der Waals surface area (Å²) in [5.41, 5.74) is 1.83. The Labute approximate surface area is 159 Å². The molecule has 3 aromatic rings. The summed E-state index contributed by atoms with van der Waals surface area (Å²) >= 11 is 0.925. The zero-order valence-corrected chi connectivity index (χ0v) is 15.7. The van der Waals surface area contributed by atoms with Gasteiger partial charge in [0.15, 0.2) is 17.1 Å². The number of hydrogen-bond donors (Lipinski definition) is 1. The molecule has 1 aromatic heterocycles. The van der Waals surface area contributed by atoms with Crippen molar-refractivity contribution in [1.29, 1.82) is 0 Å². The summed E-state index contributed by atoms with van der Waals surface area (Å²) in [5, 5.41) is 9.83. The van der Waals surface area contributed by atoms with Gasteiger partial charge in [0, 0.05) is 0 Å². The summed E-state index contributed by atoms with van der Waals surface area (Å²) in [6.45, 7) is 0. The van der Waals surface area contributed by atoms with Gasteiger partial charge in [0.25, 0.3) is 5.22 Å². The second-order valence-electron chi connectivity index (χ2n) is 5.32. The van der Waals surface area contributed by atoms with Gasteiger partial charge in [-0.1, -0.05) is 12.1 Å². The van der Waals surface area contributed by atoms with Crippen LogP contribution in [0.4, 0.5) is 0 Å². The first kappa shape index (κ1) is 18.7. The van der Waals surface area contributed by atoms with E-state index < -0.39 is 5.97 Å². The summed E-state index contributed by atoms with van der Waals surface area (Å²) in [6, 6.07) is 10.6. The number of carboxylic acids is 1. The number of oxazole rings is 1. The molecule has 0 radical (unpaired) electrons. The fourth-order valence-corrected chi connectivity index (χ4v) is 3.21. The van der Waals surface area contributed by atoms with Gasteiger partial charge in [-0.25, -0.2) is 9.78 Å². The van der Waals surface area contributed by atoms with Crippen molar-refractivity contribution in [3.8, 4) is 17.2 Å². The number of nitrogens with zero attached hydrogens (tertiary/aromatic N) is 1. The third-order valence-corrected chi connectivity index (χ3v) is 4.53. The van der Waals surface area contributed by atoms with Crippen molar-refractivity contribution in [3.05, 3.63) is 46.9 Å². The molecule has 7 nitrogen and oxygen atoms in total. The fraction of sp³-hybridized carbons (Fsp3) is 0.158. The number of hydrogen-bond acceptors (Lipinski definition) is 7. The van der Waals surface area contributed by atoms with Crippen LogP contribution in [0.25, 0.3) is 17.2 Å². The minimum Gasteiger partial charge on any atom is -0.493 e. The van der Waals surface area contributed by atoms with E-state index in [0.717, 1.165) is 11.8 Å². The minimum absolute atomic E-state index is 0.0378. The SMILES string of the molecule is COc1cc(/C=C(\Sc2nc3ccccc3o2)C(=O)O)cc(OC)c1OC. The highest BCUT2D eigenvalue weighted by molar-refractivity contribution is 8.03. The lowest BCUT2D eigenvalue weighted by atomic mass is 10.1. The molecule has 0 saturated heterocycles. The van der Waals surface area contributed by atoms with Gasteiger partial charge in [-0.15, -0.1) is 0 Å². The first-order valence-corrected chi connectivity index (χ1v) is 8.65. The van der Waals surface area contributed by atoms with E-state index in [1.807, 2.05) is 12.1 Å². The molecule has 0 bridgehead atoms. The van der Waals surface area contributed by atoms with Crippen molar-refractivity contribution in [1.82, 2.24) is 4.98 Å². The molecule has 0 aliphatic rings. The molecule has 0 spiro atoms. The molecule has 1 heterocycles. The molecule has 27 heavy (non-hydrogen) atoms. The van der Waals surface area contributed by atoms with Gasteiger partial charge in [0.1, 0.15) is 10.4 Å². The van der Waals surface area contributed by atoms with Crippen molar-refractivity contribution in [3.63, 3.8) is 0 Å². The Morgan fingerprint density at radius 3 is 2.33 bits per heavy atom. The standard InChI is InChI=1S/C19H17NO6S/c1-23-14-8-11(9-15(24-2)17(14)25-3)10-16(18(21)22)27-19-20-12-6-4-5-7-13(12)26-19/h4-10H,1-3H3,(H,21,22)/b16-10-. The third kappa shape index (κ3) is 4.01. The number of methoxy groups -OCH3 is 3. The van der Waals surface area contributed by atoms with Crippen LogP contribution in [-0.2, 0) is 4.79 Å². The van der Waals surface area contributed by atoms with E-state index in [4.69, 9.17) is 18.6 Å². The van der Waals surface area contributed by atoms with Crippen LogP contribution < -0.4 is 14.2 Å². The third-order valence-electron chi connectivity index (χ3n) is 3.67. The van der Waals surface area contributed by atoms with Crippen molar-refractivity contribution in [2.75, 3.05) is 21.3 Å². The Balaban J connectivity index is 1.99. The number of carboxylic acid groups (broad SMARTS) is 1. The summed E-state index contributed by atoms with van der Waals surface area (Å²) < 4.78 is 21.5. The van der Waals surface area contributed by atoms with Crippen molar-refractivity contribution in [2.24, 2.45) is 0 Å². The van der Waals surface area contributed by atoms with Gasteiger partial charge >= 0.3 is 5.97 Å². The molecular weight excluding hydrogens is 370 g/mol. The van der Waals surface area contributed by atoms with Crippen molar-refractivity contribution >= 4 is 34.9 Å². The highest BCUT2D eigenvalue weighted by Gasteiger charge is 2.17. The number of benzene rings is 2. The number of para-hydroxylation sites is 2. The number of aliphatic carboxylic acids is 1. The Morgan fingerprint density at radius 1 is 1.11 bits per heavy atom. The number of aromatic nitrogens is 1. The predicted molar refractivity (Wildman–Crippen MR) is 102 cm³/mol. The molecule has 0 aliphatic carbocycles. The number of carbonyl (C=O) groups is 1. The lowest BCUT2D eigenvalue weighted by Gasteiger charge is -2.13. The topological polar surface area (TPSA) is 91.0 Å². The van der Waals surface area contributed by atoms with Crippen LogP contribution in [0.1, 0.15) is 5.56 Å². The maximum Gasteiger partial charge on any atom is 0.342 e. The van der Waals surface area contributed by atoms with E-state index in [9.17, 15) is 9.90 Å². The zero-order chi connectivity index (χ0) is 19.4. The summed E-state index contributed by atoms with van der Waals surface area (Å²) in [6.07, 6.45) is 1.49. The van der Waals surface area contributed by atoms with Crippen LogP contribution in [0.15, 0.2) is 50.9 Å². The van der Waals surface area contributed by atoms with Crippen LogP contribution >= 0.6 is 11.8 Å². The summed E-state index contributed by atoms with van der Waals surface area (Å²) in [4.78, 5) is 16.0. The molecule has 0 aliphatic heterocycles. The molecule has 2 aromatic carbocycles. The van der Waals surface area contributed by atoms with Crippen LogP contribution in [-0.4, -0.2) is 37.4 Å². The smallest absolute Gasteiger partial charge is 0.342 e. The molecule has 1 N–H and O–H groups in total. The van der Waals surface area contributed by atoms with Gasteiger partial charge in [-0.2, -0.15) is 0 Å². The number of rotatable bonds is 7. The molecular formula is C19H17NO6S. The van der Waals surface area contributed by atoms with Crippen LogP contribution in [0, 0.1) is 0 Å². The molecule has 140 valence electrons. The molecule has 0 atom stereocenters. The Hall–Kier alpha value is -3.13. The highest BCUT2D eigenvalue weighted by Crippen LogP contribution is 2.39. The maximum absolute atomic E-state index is 11.7. The maximum atomic E-state index is 11.7. The summed E-state index contributed by atoms with van der Waals surface area (Å²) in [7, 11) is 4.49.